The molecule has 0 aliphatic heterocycles. The van der Waals surface area contributed by atoms with Crippen molar-refractivity contribution in [3.05, 3.63) is 6.33 Å². The zero-order chi connectivity index (χ0) is 10.9. The Kier molecular flexibility index (Phi) is 2.58. The molecule has 1 atom stereocenters. The van der Waals surface area contributed by atoms with Gasteiger partial charge in [0.15, 0.2) is 0 Å². The lowest BCUT2D eigenvalue weighted by molar-refractivity contribution is -0.0551. The van der Waals surface area contributed by atoms with Gasteiger partial charge in [-0.05, 0) is 18.8 Å². The van der Waals surface area contributed by atoms with Gasteiger partial charge in [-0.1, -0.05) is 0 Å². The van der Waals surface area contributed by atoms with Gasteiger partial charge in [-0.25, -0.2) is 13.8 Å². The van der Waals surface area contributed by atoms with Crippen LogP contribution in [0.15, 0.2) is 6.33 Å². The Morgan fingerprint density at radius 2 is 2.40 bits per heavy atom. The fourth-order valence-corrected chi connectivity index (χ4v) is 2.09. The van der Waals surface area contributed by atoms with E-state index in [9.17, 15) is 8.78 Å². The van der Waals surface area contributed by atoms with E-state index in [1.54, 1.807) is 4.68 Å². The molecule has 0 aromatic carbocycles. The minimum absolute atomic E-state index is 0.0169. The molecule has 6 heteroatoms. The van der Waals surface area contributed by atoms with E-state index in [-0.39, 0.29) is 24.7 Å². The van der Waals surface area contributed by atoms with Crippen molar-refractivity contribution in [2.45, 2.75) is 38.2 Å². The molecule has 1 fully saturated rings. The van der Waals surface area contributed by atoms with Crippen LogP contribution in [0, 0.1) is 5.92 Å². The van der Waals surface area contributed by atoms with Gasteiger partial charge in [-0.2, -0.15) is 0 Å². The summed E-state index contributed by atoms with van der Waals surface area (Å²) in [5.41, 5.74) is 5.35. The Labute approximate surface area is 86.5 Å². The number of halogens is 2. The van der Waals surface area contributed by atoms with E-state index in [4.69, 9.17) is 5.73 Å². The van der Waals surface area contributed by atoms with Gasteiger partial charge >= 0.3 is 0 Å². The summed E-state index contributed by atoms with van der Waals surface area (Å²) in [7, 11) is 0. The van der Waals surface area contributed by atoms with Crippen LogP contribution in [-0.2, 0) is 6.54 Å². The zero-order valence-electron chi connectivity index (χ0n) is 8.37. The molecular weight excluding hydrogens is 202 g/mol. The van der Waals surface area contributed by atoms with Crippen LogP contribution in [0.1, 0.15) is 25.7 Å². The lowest BCUT2D eigenvalue weighted by Gasteiger charge is -2.28. The third-order valence-electron chi connectivity index (χ3n) is 2.74. The van der Waals surface area contributed by atoms with Gasteiger partial charge in [0.25, 0.3) is 0 Å². The van der Waals surface area contributed by atoms with Crippen LogP contribution < -0.4 is 5.73 Å². The molecule has 0 amide bonds. The van der Waals surface area contributed by atoms with Gasteiger partial charge in [0.2, 0.25) is 11.9 Å². The molecule has 0 radical (unpaired) electrons. The molecule has 1 aliphatic rings. The summed E-state index contributed by atoms with van der Waals surface area (Å²) >= 11 is 0. The topological polar surface area (TPSA) is 56.7 Å². The first kappa shape index (κ1) is 10.3. The lowest BCUT2D eigenvalue weighted by atomic mass is 9.86. The van der Waals surface area contributed by atoms with Crippen molar-refractivity contribution < 1.29 is 8.78 Å². The fourth-order valence-electron chi connectivity index (χ4n) is 2.09. The molecule has 0 saturated heterocycles. The Hall–Kier alpha value is -1.20. The highest BCUT2D eigenvalue weighted by Gasteiger charge is 2.36. The second-order valence-corrected chi connectivity index (χ2v) is 4.14. The molecule has 1 aromatic rings. The van der Waals surface area contributed by atoms with Gasteiger partial charge < -0.3 is 5.73 Å². The molecule has 84 valence electrons. The first-order chi connectivity index (χ1) is 7.05. The highest BCUT2D eigenvalue weighted by Crippen LogP contribution is 2.37. The van der Waals surface area contributed by atoms with Gasteiger partial charge in [0.05, 0.1) is 0 Å². The normalized spacial score (nSPS) is 25.3. The van der Waals surface area contributed by atoms with Gasteiger partial charge in [0.1, 0.15) is 6.33 Å². The number of anilines is 1. The maximum Gasteiger partial charge on any atom is 0.248 e. The molecule has 1 aliphatic carbocycles. The highest BCUT2D eigenvalue weighted by molar-refractivity contribution is 5.09. The van der Waals surface area contributed by atoms with Crippen molar-refractivity contribution in [3.63, 3.8) is 0 Å². The smallest absolute Gasteiger partial charge is 0.248 e. The van der Waals surface area contributed by atoms with Crippen molar-refractivity contribution in [3.8, 4) is 0 Å². The van der Waals surface area contributed by atoms with E-state index in [2.05, 4.69) is 10.1 Å². The van der Waals surface area contributed by atoms with Gasteiger partial charge in [0, 0.05) is 19.4 Å². The molecule has 15 heavy (non-hydrogen) atoms. The van der Waals surface area contributed by atoms with E-state index < -0.39 is 5.92 Å². The molecule has 1 unspecified atom stereocenters. The van der Waals surface area contributed by atoms with E-state index in [0.717, 1.165) is 6.42 Å². The average molecular weight is 216 g/mol. The molecule has 4 nitrogen and oxygen atoms in total. The van der Waals surface area contributed by atoms with Crippen LogP contribution in [0.2, 0.25) is 0 Å². The third-order valence-corrected chi connectivity index (χ3v) is 2.74. The number of nitrogens with zero attached hydrogens (tertiary/aromatic N) is 3. The monoisotopic (exact) mass is 216 g/mol. The molecule has 1 heterocycles. The molecule has 0 spiro atoms. The number of aromatic nitrogens is 3. The summed E-state index contributed by atoms with van der Waals surface area (Å²) in [5, 5.41) is 3.89. The summed E-state index contributed by atoms with van der Waals surface area (Å²) in [6, 6.07) is 0. The van der Waals surface area contributed by atoms with Gasteiger partial charge in [-0.15, -0.1) is 5.10 Å². The molecule has 2 N–H and O–H groups in total. The second-order valence-electron chi connectivity index (χ2n) is 4.14. The van der Waals surface area contributed by atoms with Crippen LogP contribution in [0.25, 0.3) is 0 Å². The van der Waals surface area contributed by atoms with E-state index in [1.807, 2.05) is 0 Å². The molecular formula is C9H14F2N4. The van der Waals surface area contributed by atoms with Crippen LogP contribution in [0.3, 0.4) is 0 Å². The fraction of sp³-hybridized carbons (Fsp3) is 0.778. The van der Waals surface area contributed by atoms with Crippen molar-refractivity contribution in [2.75, 3.05) is 5.73 Å². The van der Waals surface area contributed by atoms with Crippen LogP contribution >= 0.6 is 0 Å². The number of alkyl halides is 2. The Morgan fingerprint density at radius 1 is 1.60 bits per heavy atom. The lowest BCUT2D eigenvalue weighted by Crippen LogP contribution is -2.28. The summed E-state index contributed by atoms with van der Waals surface area (Å²) in [4.78, 5) is 3.76. The number of nitrogens with two attached hydrogens (primary N) is 1. The van der Waals surface area contributed by atoms with Gasteiger partial charge in [-0.3, -0.25) is 4.68 Å². The van der Waals surface area contributed by atoms with Crippen LogP contribution in [-0.4, -0.2) is 20.7 Å². The van der Waals surface area contributed by atoms with Crippen molar-refractivity contribution in [1.29, 1.82) is 0 Å². The largest absolute Gasteiger partial charge is 0.367 e. The number of rotatable bonds is 2. The Balaban J connectivity index is 1.95. The predicted octanol–water partition coefficient (Wildman–Crippen LogP) is 1.69. The molecule has 2 rings (SSSR count). The number of hydrogen-bond donors (Lipinski definition) is 1. The predicted molar refractivity (Wildman–Crippen MR) is 51.3 cm³/mol. The second kappa shape index (κ2) is 3.75. The van der Waals surface area contributed by atoms with E-state index >= 15 is 0 Å². The number of nitrogen functional groups attached to an aromatic ring is 1. The minimum Gasteiger partial charge on any atom is -0.367 e. The molecule has 1 saturated carbocycles. The van der Waals surface area contributed by atoms with Crippen molar-refractivity contribution >= 4 is 5.95 Å². The Bertz CT molecular complexity index is 337. The number of hydrogen-bond acceptors (Lipinski definition) is 3. The maximum absolute atomic E-state index is 13.1. The Morgan fingerprint density at radius 3 is 3.00 bits per heavy atom. The minimum atomic E-state index is -2.50. The third kappa shape index (κ3) is 2.64. The first-order valence-corrected chi connectivity index (χ1v) is 5.08. The maximum atomic E-state index is 13.1. The first-order valence-electron chi connectivity index (χ1n) is 5.08. The SMILES string of the molecule is Nc1ncn(CC2CCCC(F)(F)C2)n1. The van der Waals surface area contributed by atoms with Crippen LogP contribution in [0.5, 0.6) is 0 Å². The summed E-state index contributed by atoms with van der Waals surface area (Å²) < 4.78 is 27.7. The summed E-state index contributed by atoms with van der Waals surface area (Å²) in [6.45, 7) is 0.486. The van der Waals surface area contributed by atoms with E-state index in [1.165, 1.54) is 6.33 Å². The van der Waals surface area contributed by atoms with Crippen molar-refractivity contribution in [1.82, 2.24) is 14.8 Å². The molecule has 1 aromatic heterocycles. The van der Waals surface area contributed by atoms with E-state index in [0.29, 0.717) is 13.0 Å². The quantitative estimate of drug-likeness (QED) is 0.818. The molecule has 0 bridgehead atoms. The highest BCUT2D eigenvalue weighted by atomic mass is 19.3. The van der Waals surface area contributed by atoms with Crippen molar-refractivity contribution in [2.24, 2.45) is 5.92 Å². The summed E-state index contributed by atoms with van der Waals surface area (Å²) in [5.74, 6) is -2.33. The standard InChI is InChI=1S/C9H14F2N4/c10-9(11)3-1-2-7(4-9)5-15-6-13-8(12)14-15/h6-7H,1-5H2,(H2,12,14). The zero-order valence-corrected chi connectivity index (χ0v) is 8.37. The van der Waals surface area contributed by atoms with Crippen LogP contribution in [0.4, 0.5) is 14.7 Å². The average Bonchev–Trinajstić information content (AvgIpc) is 2.49. The summed E-state index contributed by atoms with van der Waals surface area (Å²) in [6.07, 6.45) is 2.87.